The fraction of sp³-hybridized carbons (Fsp3) is 0.556. The molecule has 1 aromatic rings. The third-order valence-corrected chi connectivity index (χ3v) is 1.96. The number of hydrogen-bond acceptors (Lipinski definition) is 3. The van der Waals surface area contributed by atoms with Crippen molar-refractivity contribution < 1.29 is 9.90 Å². The van der Waals surface area contributed by atoms with Crippen molar-refractivity contribution >= 4 is 5.97 Å². The van der Waals surface area contributed by atoms with Crippen LogP contribution in [0.2, 0.25) is 0 Å². The molecule has 0 radical (unpaired) electrons. The Hall–Kier alpha value is -1.36. The summed E-state index contributed by atoms with van der Waals surface area (Å²) in [5, 5.41) is 12.7. The number of carboxylic acids is 1. The Bertz CT molecular complexity index is 320. The number of aromatic nitrogens is 2. The fourth-order valence-electron chi connectivity index (χ4n) is 1.34. The first kappa shape index (κ1) is 10.7. The van der Waals surface area contributed by atoms with Gasteiger partial charge in [-0.3, -0.25) is 9.48 Å². The van der Waals surface area contributed by atoms with Crippen LogP contribution in [0.15, 0.2) is 12.3 Å². The Morgan fingerprint density at radius 2 is 2.36 bits per heavy atom. The van der Waals surface area contributed by atoms with Gasteiger partial charge in [0.25, 0.3) is 0 Å². The normalized spacial score (nSPS) is 13.1. The van der Waals surface area contributed by atoms with Gasteiger partial charge < -0.3 is 10.8 Å². The van der Waals surface area contributed by atoms with Crippen LogP contribution in [-0.4, -0.2) is 20.9 Å². The molecule has 1 atom stereocenters. The summed E-state index contributed by atoms with van der Waals surface area (Å²) in [5.74, 6) is -0.894. The lowest BCUT2D eigenvalue weighted by atomic mass is 10.1. The quantitative estimate of drug-likeness (QED) is 0.752. The lowest BCUT2D eigenvalue weighted by molar-refractivity contribution is -0.137. The first-order valence-electron chi connectivity index (χ1n) is 4.53. The van der Waals surface area contributed by atoms with Crippen LogP contribution in [0.4, 0.5) is 0 Å². The van der Waals surface area contributed by atoms with E-state index >= 15 is 0 Å². The molecular formula is C9H15N3O2. The molecule has 0 bridgehead atoms. The first-order chi connectivity index (χ1) is 6.52. The Morgan fingerprint density at radius 3 is 2.86 bits per heavy atom. The number of carbonyl (C=O) groups is 1. The fourth-order valence-corrected chi connectivity index (χ4v) is 1.34. The SMILES string of the molecule is CC(C)n1nccc1C(N)CC(=O)O. The minimum atomic E-state index is -0.894. The van der Waals surface area contributed by atoms with Crippen LogP contribution in [0.1, 0.15) is 38.0 Å². The summed E-state index contributed by atoms with van der Waals surface area (Å²) < 4.78 is 1.74. The summed E-state index contributed by atoms with van der Waals surface area (Å²) in [5.41, 5.74) is 6.50. The van der Waals surface area contributed by atoms with Crippen LogP contribution >= 0.6 is 0 Å². The molecule has 1 rings (SSSR count). The standard InChI is InChI=1S/C9H15N3O2/c1-6(2)12-8(3-4-11-12)7(10)5-9(13)14/h3-4,6-7H,5,10H2,1-2H3,(H,13,14). The van der Waals surface area contributed by atoms with Gasteiger partial charge >= 0.3 is 5.97 Å². The molecule has 0 aliphatic rings. The van der Waals surface area contributed by atoms with Crippen LogP contribution in [0, 0.1) is 0 Å². The maximum absolute atomic E-state index is 10.5. The average molecular weight is 197 g/mol. The minimum absolute atomic E-state index is 0.0710. The van der Waals surface area contributed by atoms with E-state index in [0.717, 1.165) is 5.69 Å². The highest BCUT2D eigenvalue weighted by molar-refractivity contribution is 5.67. The Labute approximate surface area is 82.5 Å². The van der Waals surface area contributed by atoms with Crippen molar-refractivity contribution in [2.24, 2.45) is 5.73 Å². The van der Waals surface area contributed by atoms with E-state index in [1.807, 2.05) is 13.8 Å². The first-order valence-corrected chi connectivity index (χ1v) is 4.53. The maximum atomic E-state index is 10.5. The second-order valence-corrected chi connectivity index (χ2v) is 3.50. The second-order valence-electron chi connectivity index (χ2n) is 3.50. The second kappa shape index (κ2) is 4.23. The van der Waals surface area contributed by atoms with Gasteiger partial charge in [-0.05, 0) is 19.9 Å². The number of nitrogens with zero attached hydrogens (tertiary/aromatic N) is 2. The third kappa shape index (κ3) is 2.32. The van der Waals surface area contributed by atoms with E-state index < -0.39 is 12.0 Å². The van der Waals surface area contributed by atoms with Crippen LogP contribution in [-0.2, 0) is 4.79 Å². The summed E-state index contributed by atoms with van der Waals surface area (Å²) in [6.07, 6.45) is 1.56. The number of aliphatic carboxylic acids is 1. The Morgan fingerprint density at radius 1 is 1.71 bits per heavy atom. The Balaban J connectivity index is 2.83. The van der Waals surface area contributed by atoms with Gasteiger partial charge in [0, 0.05) is 12.2 Å². The molecule has 0 amide bonds. The molecule has 1 unspecified atom stereocenters. The predicted octanol–water partition coefficient (Wildman–Crippen LogP) is 0.938. The van der Waals surface area contributed by atoms with Crippen molar-refractivity contribution in [2.45, 2.75) is 32.4 Å². The average Bonchev–Trinajstić information content (AvgIpc) is 2.49. The summed E-state index contributed by atoms with van der Waals surface area (Å²) in [4.78, 5) is 10.5. The van der Waals surface area contributed by atoms with Crippen molar-refractivity contribution in [2.75, 3.05) is 0 Å². The minimum Gasteiger partial charge on any atom is -0.481 e. The lowest BCUT2D eigenvalue weighted by Gasteiger charge is -2.14. The molecule has 0 aromatic carbocycles. The zero-order valence-corrected chi connectivity index (χ0v) is 8.34. The van der Waals surface area contributed by atoms with E-state index in [-0.39, 0.29) is 12.5 Å². The van der Waals surface area contributed by atoms with E-state index in [0.29, 0.717) is 0 Å². The summed E-state index contributed by atoms with van der Waals surface area (Å²) in [6, 6.07) is 1.46. The van der Waals surface area contributed by atoms with Gasteiger partial charge in [0.1, 0.15) is 0 Å². The lowest BCUT2D eigenvalue weighted by Crippen LogP contribution is -2.20. The van der Waals surface area contributed by atoms with Gasteiger partial charge in [-0.2, -0.15) is 5.10 Å². The van der Waals surface area contributed by atoms with E-state index in [2.05, 4.69) is 5.10 Å². The molecule has 0 aliphatic carbocycles. The summed E-state index contributed by atoms with van der Waals surface area (Å²) in [7, 11) is 0. The van der Waals surface area contributed by atoms with Gasteiger partial charge in [0.2, 0.25) is 0 Å². The van der Waals surface area contributed by atoms with E-state index in [9.17, 15) is 4.79 Å². The number of carboxylic acid groups (broad SMARTS) is 1. The zero-order chi connectivity index (χ0) is 10.7. The smallest absolute Gasteiger partial charge is 0.305 e. The summed E-state index contributed by atoms with van der Waals surface area (Å²) in [6.45, 7) is 3.95. The van der Waals surface area contributed by atoms with Crippen molar-refractivity contribution in [3.05, 3.63) is 18.0 Å². The number of nitrogens with two attached hydrogens (primary N) is 1. The molecule has 14 heavy (non-hydrogen) atoms. The van der Waals surface area contributed by atoms with E-state index in [4.69, 9.17) is 10.8 Å². The molecule has 0 saturated carbocycles. The molecule has 3 N–H and O–H groups in total. The largest absolute Gasteiger partial charge is 0.481 e. The highest BCUT2D eigenvalue weighted by Crippen LogP contribution is 2.16. The van der Waals surface area contributed by atoms with Gasteiger partial charge in [-0.15, -0.1) is 0 Å². The van der Waals surface area contributed by atoms with Crippen molar-refractivity contribution in [3.8, 4) is 0 Å². The monoisotopic (exact) mass is 197 g/mol. The molecule has 0 aliphatic heterocycles. The highest BCUT2D eigenvalue weighted by atomic mass is 16.4. The van der Waals surface area contributed by atoms with Crippen LogP contribution in [0.25, 0.3) is 0 Å². The van der Waals surface area contributed by atoms with Gasteiger partial charge in [0.05, 0.1) is 18.2 Å². The highest BCUT2D eigenvalue weighted by Gasteiger charge is 2.16. The van der Waals surface area contributed by atoms with Gasteiger partial charge in [-0.25, -0.2) is 0 Å². The number of hydrogen-bond donors (Lipinski definition) is 2. The van der Waals surface area contributed by atoms with E-state index in [1.54, 1.807) is 16.9 Å². The van der Waals surface area contributed by atoms with Crippen molar-refractivity contribution in [1.29, 1.82) is 0 Å². The van der Waals surface area contributed by atoms with Gasteiger partial charge in [-0.1, -0.05) is 0 Å². The molecule has 0 spiro atoms. The molecule has 1 aromatic heterocycles. The molecule has 5 nitrogen and oxygen atoms in total. The molecule has 1 heterocycles. The molecule has 5 heteroatoms. The molecular weight excluding hydrogens is 182 g/mol. The third-order valence-electron chi connectivity index (χ3n) is 1.96. The molecule has 0 fully saturated rings. The summed E-state index contributed by atoms with van der Waals surface area (Å²) >= 11 is 0. The maximum Gasteiger partial charge on any atom is 0.305 e. The van der Waals surface area contributed by atoms with E-state index in [1.165, 1.54) is 0 Å². The van der Waals surface area contributed by atoms with Crippen LogP contribution in [0.3, 0.4) is 0 Å². The zero-order valence-electron chi connectivity index (χ0n) is 8.34. The van der Waals surface area contributed by atoms with Crippen molar-refractivity contribution in [1.82, 2.24) is 9.78 Å². The van der Waals surface area contributed by atoms with Crippen LogP contribution in [0.5, 0.6) is 0 Å². The molecule has 0 saturated heterocycles. The predicted molar refractivity (Wildman–Crippen MR) is 51.8 cm³/mol. The van der Waals surface area contributed by atoms with Crippen LogP contribution < -0.4 is 5.73 Å². The number of rotatable bonds is 4. The molecule has 78 valence electrons. The Kier molecular flexibility index (Phi) is 3.24. The topological polar surface area (TPSA) is 81.1 Å². The van der Waals surface area contributed by atoms with Crippen molar-refractivity contribution in [3.63, 3.8) is 0 Å². The van der Waals surface area contributed by atoms with Gasteiger partial charge in [0.15, 0.2) is 0 Å².